The van der Waals surface area contributed by atoms with Crippen LogP contribution in [0.4, 0.5) is 0 Å². The van der Waals surface area contributed by atoms with E-state index in [4.69, 9.17) is 23.2 Å². The van der Waals surface area contributed by atoms with Gasteiger partial charge in [0.25, 0.3) is 0 Å². The van der Waals surface area contributed by atoms with Crippen LogP contribution in [0, 0.1) is 5.92 Å². The van der Waals surface area contributed by atoms with Gasteiger partial charge in [-0.2, -0.15) is 0 Å². The molecule has 2 atom stereocenters. The van der Waals surface area contributed by atoms with Gasteiger partial charge in [-0.3, -0.25) is 0 Å². The highest BCUT2D eigenvalue weighted by Crippen LogP contribution is 2.49. The first-order valence-corrected chi connectivity index (χ1v) is 5.21. The Kier molecular flexibility index (Phi) is 2.08. The van der Waals surface area contributed by atoms with E-state index in [0.29, 0.717) is 11.8 Å². The second-order valence-electron chi connectivity index (χ2n) is 2.76. The number of hydrogen-bond donors (Lipinski definition) is 0. The third-order valence-electron chi connectivity index (χ3n) is 1.93. The lowest BCUT2D eigenvalue weighted by atomic mass is 10.3. The lowest BCUT2D eigenvalue weighted by Crippen LogP contribution is -1.81. The number of halogens is 2. The first-order chi connectivity index (χ1) is 5.31. The molecule has 1 heterocycles. The lowest BCUT2D eigenvalue weighted by Gasteiger charge is -1.87. The standard InChI is InChI=1S/C7H7Cl2NS/c8-2-4-1-5(4)7-10-3-6(9)11-7/h3-5H,1-2H2. The number of nitrogens with zero attached hydrogens (tertiary/aromatic N) is 1. The summed E-state index contributed by atoms with van der Waals surface area (Å²) in [7, 11) is 0. The summed E-state index contributed by atoms with van der Waals surface area (Å²) >= 11 is 13.0. The molecule has 60 valence electrons. The lowest BCUT2D eigenvalue weighted by molar-refractivity contribution is 0.914. The van der Waals surface area contributed by atoms with Crippen LogP contribution >= 0.6 is 34.5 Å². The minimum atomic E-state index is 0.602. The second kappa shape index (κ2) is 2.92. The molecular formula is C7H7Cl2NS. The van der Waals surface area contributed by atoms with E-state index in [9.17, 15) is 0 Å². The van der Waals surface area contributed by atoms with E-state index in [1.54, 1.807) is 17.5 Å². The highest BCUT2D eigenvalue weighted by Gasteiger charge is 2.39. The van der Waals surface area contributed by atoms with Gasteiger partial charge < -0.3 is 0 Å². The van der Waals surface area contributed by atoms with Crippen molar-refractivity contribution in [3.8, 4) is 0 Å². The highest BCUT2D eigenvalue weighted by atomic mass is 35.5. The molecule has 1 aromatic heterocycles. The molecule has 1 nitrogen and oxygen atoms in total. The molecule has 1 saturated carbocycles. The maximum Gasteiger partial charge on any atom is 0.113 e. The van der Waals surface area contributed by atoms with Gasteiger partial charge in [0.05, 0.1) is 11.2 Å². The third-order valence-corrected chi connectivity index (χ3v) is 3.58. The molecule has 0 amide bonds. The molecule has 11 heavy (non-hydrogen) atoms. The molecule has 2 unspecified atom stereocenters. The Labute approximate surface area is 79.4 Å². The van der Waals surface area contributed by atoms with Crippen LogP contribution < -0.4 is 0 Å². The Morgan fingerprint density at radius 3 is 3.00 bits per heavy atom. The molecule has 0 N–H and O–H groups in total. The average molecular weight is 208 g/mol. The Bertz CT molecular complexity index is 261. The molecule has 1 aliphatic carbocycles. The van der Waals surface area contributed by atoms with Crippen LogP contribution in [0.15, 0.2) is 6.20 Å². The van der Waals surface area contributed by atoms with Gasteiger partial charge in [0, 0.05) is 11.8 Å². The fourth-order valence-corrected chi connectivity index (χ4v) is 2.64. The summed E-state index contributed by atoms with van der Waals surface area (Å²) in [5.41, 5.74) is 0. The van der Waals surface area contributed by atoms with Gasteiger partial charge in [-0.25, -0.2) is 4.98 Å². The first-order valence-electron chi connectivity index (χ1n) is 3.48. The largest absolute Gasteiger partial charge is 0.248 e. The predicted molar refractivity (Wildman–Crippen MR) is 48.7 cm³/mol. The topological polar surface area (TPSA) is 12.9 Å². The van der Waals surface area contributed by atoms with E-state index < -0.39 is 0 Å². The summed E-state index contributed by atoms with van der Waals surface area (Å²) in [5.74, 6) is 2.01. The van der Waals surface area contributed by atoms with Crippen molar-refractivity contribution in [1.29, 1.82) is 0 Å². The van der Waals surface area contributed by atoms with Crippen LogP contribution in [0.5, 0.6) is 0 Å². The van der Waals surface area contributed by atoms with E-state index >= 15 is 0 Å². The minimum Gasteiger partial charge on any atom is -0.248 e. The highest BCUT2D eigenvalue weighted by molar-refractivity contribution is 7.15. The molecule has 1 fully saturated rings. The van der Waals surface area contributed by atoms with E-state index in [0.717, 1.165) is 15.2 Å². The van der Waals surface area contributed by atoms with Crippen molar-refractivity contribution in [3.05, 3.63) is 15.5 Å². The average Bonchev–Trinajstić information content (AvgIpc) is 2.68. The number of thiazole rings is 1. The van der Waals surface area contributed by atoms with Gasteiger partial charge in [-0.05, 0) is 12.3 Å². The number of aromatic nitrogens is 1. The number of alkyl halides is 1. The van der Waals surface area contributed by atoms with E-state index in [1.165, 1.54) is 6.42 Å². The first kappa shape index (κ1) is 7.84. The maximum atomic E-state index is 5.75. The van der Waals surface area contributed by atoms with E-state index in [2.05, 4.69) is 4.98 Å². The fraction of sp³-hybridized carbons (Fsp3) is 0.571. The van der Waals surface area contributed by atoms with E-state index in [1.807, 2.05) is 0 Å². The third kappa shape index (κ3) is 1.53. The summed E-state index contributed by atoms with van der Waals surface area (Å²) < 4.78 is 0.778. The van der Waals surface area contributed by atoms with Crippen molar-refractivity contribution in [2.24, 2.45) is 5.92 Å². The number of hydrogen-bond acceptors (Lipinski definition) is 2. The van der Waals surface area contributed by atoms with Crippen LogP contribution in [0.2, 0.25) is 4.34 Å². The van der Waals surface area contributed by atoms with Crippen molar-refractivity contribution in [2.45, 2.75) is 12.3 Å². The fourth-order valence-electron chi connectivity index (χ4n) is 1.16. The van der Waals surface area contributed by atoms with Gasteiger partial charge in [0.1, 0.15) is 4.34 Å². The zero-order valence-electron chi connectivity index (χ0n) is 5.76. The van der Waals surface area contributed by atoms with Crippen LogP contribution in [0.3, 0.4) is 0 Å². The Morgan fingerprint density at radius 1 is 1.73 bits per heavy atom. The van der Waals surface area contributed by atoms with Crippen LogP contribution in [-0.4, -0.2) is 10.9 Å². The SMILES string of the molecule is ClCC1CC1c1ncc(Cl)s1. The monoisotopic (exact) mass is 207 g/mol. The molecule has 0 aliphatic heterocycles. The van der Waals surface area contributed by atoms with Crippen molar-refractivity contribution >= 4 is 34.5 Å². The van der Waals surface area contributed by atoms with Gasteiger partial charge in [0.2, 0.25) is 0 Å². The summed E-state index contributed by atoms with van der Waals surface area (Å²) in [6, 6.07) is 0. The van der Waals surface area contributed by atoms with Crippen molar-refractivity contribution < 1.29 is 0 Å². The maximum absolute atomic E-state index is 5.75. The van der Waals surface area contributed by atoms with Crippen LogP contribution in [0.25, 0.3) is 0 Å². The van der Waals surface area contributed by atoms with E-state index in [-0.39, 0.29) is 0 Å². The molecule has 1 aromatic rings. The van der Waals surface area contributed by atoms with Crippen LogP contribution in [0.1, 0.15) is 17.3 Å². The molecule has 0 spiro atoms. The molecule has 2 rings (SSSR count). The zero-order chi connectivity index (χ0) is 7.84. The molecule has 1 aliphatic rings. The molecule has 0 aromatic carbocycles. The zero-order valence-corrected chi connectivity index (χ0v) is 8.09. The van der Waals surface area contributed by atoms with Gasteiger partial charge in [0.15, 0.2) is 0 Å². The summed E-state index contributed by atoms with van der Waals surface area (Å²) in [5, 5.41) is 1.15. The van der Waals surface area contributed by atoms with Gasteiger partial charge in [-0.1, -0.05) is 11.6 Å². The van der Waals surface area contributed by atoms with Crippen molar-refractivity contribution in [3.63, 3.8) is 0 Å². The molecule has 0 bridgehead atoms. The Hall–Kier alpha value is 0.210. The predicted octanol–water partition coefficient (Wildman–Crippen LogP) is 3.14. The molecular weight excluding hydrogens is 201 g/mol. The van der Waals surface area contributed by atoms with Crippen molar-refractivity contribution in [2.75, 3.05) is 5.88 Å². The molecule has 4 heteroatoms. The summed E-state index contributed by atoms with van der Waals surface area (Å²) in [4.78, 5) is 4.20. The quantitative estimate of drug-likeness (QED) is 0.680. The molecule has 0 radical (unpaired) electrons. The van der Waals surface area contributed by atoms with Gasteiger partial charge in [-0.15, -0.1) is 22.9 Å². The Balaban J connectivity index is 2.08. The smallest absolute Gasteiger partial charge is 0.113 e. The summed E-state index contributed by atoms with van der Waals surface area (Å²) in [6.07, 6.45) is 2.90. The molecule has 0 saturated heterocycles. The number of rotatable bonds is 2. The normalized spacial score (nSPS) is 28.9. The van der Waals surface area contributed by atoms with Crippen molar-refractivity contribution in [1.82, 2.24) is 4.98 Å². The van der Waals surface area contributed by atoms with Gasteiger partial charge >= 0.3 is 0 Å². The second-order valence-corrected chi connectivity index (χ2v) is 4.76. The minimum absolute atomic E-state index is 0.602. The Morgan fingerprint density at radius 2 is 2.55 bits per heavy atom. The van der Waals surface area contributed by atoms with Crippen LogP contribution in [-0.2, 0) is 0 Å². The summed E-state index contributed by atoms with van der Waals surface area (Å²) in [6.45, 7) is 0.